The van der Waals surface area contributed by atoms with E-state index in [-0.39, 0.29) is 11.9 Å². The molecule has 1 aromatic carbocycles. The second-order valence-electron chi connectivity index (χ2n) is 7.40. The van der Waals surface area contributed by atoms with Gasteiger partial charge in [-0.2, -0.15) is 0 Å². The molecule has 2 aromatic heterocycles. The van der Waals surface area contributed by atoms with E-state index in [2.05, 4.69) is 25.2 Å². The summed E-state index contributed by atoms with van der Waals surface area (Å²) in [7, 11) is 1.66. The van der Waals surface area contributed by atoms with Crippen LogP contribution in [0.15, 0.2) is 30.3 Å². The zero-order chi connectivity index (χ0) is 18.3. The summed E-state index contributed by atoms with van der Waals surface area (Å²) in [6.45, 7) is 4.54. The highest BCUT2D eigenvalue weighted by atomic mass is 32.1. The van der Waals surface area contributed by atoms with Gasteiger partial charge in [0.1, 0.15) is 10.6 Å². The quantitative estimate of drug-likeness (QED) is 0.707. The van der Waals surface area contributed by atoms with Crippen molar-refractivity contribution in [2.75, 3.05) is 7.11 Å². The molecular formula is C21H24N2O2S. The molecule has 3 aromatic rings. The van der Waals surface area contributed by atoms with Crippen LogP contribution in [0.25, 0.3) is 21.1 Å². The van der Waals surface area contributed by atoms with E-state index in [1.54, 1.807) is 7.11 Å². The van der Waals surface area contributed by atoms with Gasteiger partial charge in [-0.25, -0.2) is 4.98 Å². The Bertz CT molecular complexity index is 965. The largest absolute Gasteiger partial charge is 0.497 e. The van der Waals surface area contributed by atoms with Crippen molar-refractivity contribution >= 4 is 38.4 Å². The Labute approximate surface area is 157 Å². The molecular weight excluding hydrogens is 344 g/mol. The fraction of sp³-hybridized carbons (Fsp3) is 0.429. The second kappa shape index (κ2) is 6.88. The van der Waals surface area contributed by atoms with Crippen molar-refractivity contribution < 1.29 is 9.53 Å². The minimum Gasteiger partial charge on any atom is -0.497 e. The van der Waals surface area contributed by atoms with Gasteiger partial charge in [-0.3, -0.25) is 4.79 Å². The van der Waals surface area contributed by atoms with Gasteiger partial charge in [0.25, 0.3) is 5.91 Å². The maximum Gasteiger partial charge on any atom is 0.261 e. The normalized spacial score (nSPS) is 23.3. The van der Waals surface area contributed by atoms with Crippen molar-refractivity contribution in [2.24, 2.45) is 11.8 Å². The van der Waals surface area contributed by atoms with Gasteiger partial charge in [0.2, 0.25) is 0 Å². The van der Waals surface area contributed by atoms with E-state index < -0.39 is 0 Å². The number of nitrogens with zero attached hydrogens (tertiary/aromatic N) is 1. The molecule has 0 radical (unpaired) electrons. The highest BCUT2D eigenvalue weighted by molar-refractivity contribution is 7.20. The monoisotopic (exact) mass is 368 g/mol. The summed E-state index contributed by atoms with van der Waals surface area (Å²) in [4.78, 5) is 19.1. The highest BCUT2D eigenvalue weighted by Crippen LogP contribution is 2.32. The third-order valence-electron chi connectivity index (χ3n) is 5.75. The summed E-state index contributed by atoms with van der Waals surface area (Å²) in [5.41, 5.74) is 0.918. The number of benzene rings is 1. The lowest BCUT2D eigenvalue weighted by Gasteiger charge is -2.34. The van der Waals surface area contributed by atoms with Crippen LogP contribution in [0.5, 0.6) is 5.75 Å². The van der Waals surface area contributed by atoms with E-state index in [0.29, 0.717) is 11.8 Å². The molecule has 0 unspecified atom stereocenters. The molecule has 4 rings (SSSR count). The fourth-order valence-electron chi connectivity index (χ4n) is 3.88. The van der Waals surface area contributed by atoms with Gasteiger partial charge in [-0.15, -0.1) is 11.3 Å². The number of carbonyl (C=O) groups is 1. The van der Waals surface area contributed by atoms with Crippen molar-refractivity contribution in [1.29, 1.82) is 0 Å². The Balaban J connectivity index is 1.62. The summed E-state index contributed by atoms with van der Waals surface area (Å²) < 4.78 is 5.29. The van der Waals surface area contributed by atoms with E-state index in [4.69, 9.17) is 9.72 Å². The zero-order valence-electron chi connectivity index (χ0n) is 15.4. The molecule has 1 amide bonds. The second-order valence-corrected chi connectivity index (χ2v) is 8.43. The van der Waals surface area contributed by atoms with Crippen LogP contribution in [0.1, 0.15) is 42.8 Å². The molecule has 1 N–H and O–H groups in total. The van der Waals surface area contributed by atoms with E-state index in [0.717, 1.165) is 38.2 Å². The first-order valence-corrected chi connectivity index (χ1v) is 10.1. The standard InChI is InChI=1S/C21H24N2O2S/c1-12-5-4-6-17(13(12)2)22-20(24)19-11-15-9-14-10-16(25-3)7-8-18(14)23-21(15)26-19/h7-13,17H,4-6H2,1-3H3,(H,22,24)/t12-,13-,17+/m0/s1. The molecule has 3 atom stereocenters. The number of ether oxygens (including phenoxy) is 1. The number of methoxy groups -OCH3 is 1. The van der Waals surface area contributed by atoms with Crippen LogP contribution >= 0.6 is 11.3 Å². The average Bonchev–Trinajstić information content (AvgIpc) is 3.06. The number of hydrogen-bond donors (Lipinski definition) is 1. The number of amides is 1. The Morgan fingerprint density at radius 3 is 2.85 bits per heavy atom. The number of hydrogen-bond acceptors (Lipinski definition) is 4. The van der Waals surface area contributed by atoms with E-state index >= 15 is 0 Å². The van der Waals surface area contributed by atoms with Crippen LogP contribution in [0.2, 0.25) is 0 Å². The molecule has 4 nitrogen and oxygen atoms in total. The van der Waals surface area contributed by atoms with Crippen LogP contribution in [0, 0.1) is 11.8 Å². The number of fused-ring (bicyclic) bond motifs is 2. The molecule has 0 aliphatic heterocycles. The van der Waals surface area contributed by atoms with Crippen molar-refractivity contribution in [3.05, 3.63) is 35.2 Å². The smallest absolute Gasteiger partial charge is 0.261 e. The molecule has 26 heavy (non-hydrogen) atoms. The molecule has 1 aliphatic rings. The SMILES string of the molecule is COc1ccc2nc3sc(C(=O)N[C@@H]4CCC[C@H](C)[C@@H]4C)cc3cc2c1. The van der Waals surface area contributed by atoms with Crippen LogP contribution in [-0.2, 0) is 0 Å². The van der Waals surface area contributed by atoms with E-state index in [1.165, 1.54) is 24.2 Å². The Kier molecular flexibility index (Phi) is 4.57. The molecule has 0 spiro atoms. The minimum atomic E-state index is 0.0283. The lowest BCUT2D eigenvalue weighted by atomic mass is 9.78. The maximum absolute atomic E-state index is 12.8. The number of pyridine rings is 1. The highest BCUT2D eigenvalue weighted by Gasteiger charge is 2.28. The molecule has 2 heterocycles. The molecule has 1 fully saturated rings. The summed E-state index contributed by atoms with van der Waals surface area (Å²) in [6.07, 6.45) is 3.53. The number of carbonyl (C=O) groups excluding carboxylic acids is 1. The van der Waals surface area contributed by atoms with Gasteiger partial charge < -0.3 is 10.1 Å². The van der Waals surface area contributed by atoms with E-state index in [9.17, 15) is 4.79 Å². The van der Waals surface area contributed by atoms with Crippen molar-refractivity contribution in [2.45, 2.75) is 39.2 Å². The summed E-state index contributed by atoms with van der Waals surface area (Å²) in [6, 6.07) is 10.2. The van der Waals surface area contributed by atoms with Gasteiger partial charge in [0.05, 0.1) is 17.5 Å². The van der Waals surface area contributed by atoms with Gasteiger partial charge in [0, 0.05) is 16.8 Å². The van der Waals surface area contributed by atoms with Crippen molar-refractivity contribution in [3.8, 4) is 5.75 Å². The van der Waals surface area contributed by atoms with Gasteiger partial charge in [-0.1, -0.05) is 26.7 Å². The Morgan fingerprint density at radius 1 is 1.19 bits per heavy atom. The third-order valence-corrected chi connectivity index (χ3v) is 6.80. The first-order chi connectivity index (χ1) is 12.5. The zero-order valence-corrected chi connectivity index (χ0v) is 16.2. The predicted octanol–water partition coefficient (Wildman–Crippen LogP) is 5.01. The molecule has 1 aliphatic carbocycles. The summed E-state index contributed by atoms with van der Waals surface area (Å²) in [5, 5.41) is 5.29. The minimum absolute atomic E-state index is 0.0283. The molecule has 0 bridgehead atoms. The summed E-state index contributed by atoms with van der Waals surface area (Å²) >= 11 is 1.47. The van der Waals surface area contributed by atoms with Crippen molar-refractivity contribution in [1.82, 2.24) is 10.3 Å². The molecule has 0 saturated heterocycles. The third kappa shape index (κ3) is 3.16. The topological polar surface area (TPSA) is 51.2 Å². The fourth-order valence-corrected chi connectivity index (χ4v) is 4.80. The Hall–Kier alpha value is -2.14. The molecule has 5 heteroatoms. The number of rotatable bonds is 3. The molecule has 136 valence electrons. The Morgan fingerprint density at radius 2 is 2.04 bits per heavy atom. The maximum atomic E-state index is 12.8. The summed E-state index contributed by atoms with van der Waals surface area (Å²) in [5.74, 6) is 2.03. The number of aromatic nitrogens is 1. The van der Waals surface area contributed by atoms with E-state index in [1.807, 2.05) is 24.3 Å². The first kappa shape index (κ1) is 17.3. The van der Waals surface area contributed by atoms with Crippen LogP contribution < -0.4 is 10.1 Å². The van der Waals surface area contributed by atoms with Crippen LogP contribution in [-0.4, -0.2) is 24.0 Å². The van der Waals surface area contributed by atoms with Crippen LogP contribution in [0.4, 0.5) is 0 Å². The number of nitrogens with one attached hydrogen (secondary N) is 1. The lowest BCUT2D eigenvalue weighted by molar-refractivity contribution is 0.0895. The van der Waals surface area contributed by atoms with Gasteiger partial charge in [-0.05, 0) is 48.6 Å². The lowest BCUT2D eigenvalue weighted by Crippen LogP contribution is -2.43. The average molecular weight is 369 g/mol. The predicted molar refractivity (Wildman–Crippen MR) is 107 cm³/mol. The number of thiophene rings is 1. The van der Waals surface area contributed by atoms with Crippen LogP contribution in [0.3, 0.4) is 0 Å². The first-order valence-electron chi connectivity index (χ1n) is 9.24. The van der Waals surface area contributed by atoms with Gasteiger partial charge in [0.15, 0.2) is 0 Å². The molecule has 1 saturated carbocycles. The van der Waals surface area contributed by atoms with Gasteiger partial charge >= 0.3 is 0 Å². The van der Waals surface area contributed by atoms with Crippen molar-refractivity contribution in [3.63, 3.8) is 0 Å².